The number of carbonyl (C=O) groups is 2. The molecule has 7 nitrogen and oxygen atoms in total. The van der Waals surface area contributed by atoms with E-state index in [-0.39, 0.29) is 22.6 Å². The summed E-state index contributed by atoms with van der Waals surface area (Å²) in [7, 11) is -3.71. The number of aliphatic carboxylic acids is 1. The summed E-state index contributed by atoms with van der Waals surface area (Å²) in [5.74, 6) is -1.50. The first-order valence-corrected chi connectivity index (χ1v) is 10.8. The van der Waals surface area contributed by atoms with Gasteiger partial charge in [0.15, 0.2) is 0 Å². The predicted octanol–water partition coefficient (Wildman–Crippen LogP) is 3.73. The summed E-state index contributed by atoms with van der Waals surface area (Å²) < 4.78 is 27.9. The second-order valence-electron chi connectivity index (χ2n) is 6.92. The van der Waals surface area contributed by atoms with Crippen molar-refractivity contribution in [3.05, 3.63) is 72.1 Å². The van der Waals surface area contributed by atoms with Gasteiger partial charge < -0.3 is 15.0 Å². The molecular formula is C22H22N2O5S. The first-order chi connectivity index (χ1) is 14.2. The SMILES string of the molecule is Cc1ccc(C)n1-c1ccc(S(=O)(=O)c2ccc(NC(=O)CCC(=O)O)cc2)cc1. The number of anilines is 1. The molecular weight excluding hydrogens is 404 g/mol. The lowest BCUT2D eigenvalue weighted by atomic mass is 10.2. The van der Waals surface area contributed by atoms with Crippen molar-refractivity contribution in [1.82, 2.24) is 4.57 Å². The molecule has 1 amide bonds. The van der Waals surface area contributed by atoms with Gasteiger partial charge in [-0.15, -0.1) is 0 Å². The molecule has 0 saturated carbocycles. The summed E-state index contributed by atoms with van der Waals surface area (Å²) in [5.41, 5.74) is 3.40. The number of nitrogens with one attached hydrogen (secondary N) is 1. The molecule has 0 aliphatic rings. The van der Waals surface area contributed by atoms with Crippen LogP contribution in [0.15, 0.2) is 70.5 Å². The monoisotopic (exact) mass is 426 g/mol. The van der Waals surface area contributed by atoms with Crippen LogP contribution in [0, 0.1) is 13.8 Å². The van der Waals surface area contributed by atoms with Crippen molar-refractivity contribution in [3.8, 4) is 5.69 Å². The number of amides is 1. The Morgan fingerprint density at radius 2 is 1.33 bits per heavy atom. The van der Waals surface area contributed by atoms with E-state index in [2.05, 4.69) is 5.32 Å². The van der Waals surface area contributed by atoms with Crippen molar-refractivity contribution in [1.29, 1.82) is 0 Å². The Hall–Kier alpha value is -3.39. The number of carbonyl (C=O) groups excluding carboxylic acids is 1. The zero-order valence-electron chi connectivity index (χ0n) is 16.6. The van der Waals surface area contributed by atoms with Gasteiger partial charge in [0.05, 0.1) is 16.2 Å². The number of benzene rings is 2. The summed E-state index contributed by atoms with van der Waals surface area (Å²) in [4.78, 5) is 22.5. The van der Waals surface area contributed by atoms with E-state index in [1.165, 1.54) is 24.3 Å². The van der Waals surface area contributed by atoms with Crippen molar-refractivity contribution in [2.75, 3.05) is 5.32 Å². The van der Waals surface area contributed by atoms with Gasteiger partial charge in [-0.2, -0.15) is 0 Å². The van der Waals surface area contributed by atoms with Crippen LogP contribution in [-0.4, -0.2) is 30.0 Å². The highest BCUT2D eigenvalue weighted by atomic mass is 32.2. The largest absolute Gasteiger partial charge is 0.481 e. The van der Waals surface area contributed by atoms with E-state index in [0.29, 0.717) is 5.69 Å². The standard InChI is InChI=1S/C22H22N2O5S/c1-15-3-4-16(2)24(15)18-7-11-20(12-8-18)30(28,29)19-9-5-17(6-10-19)23-21(25)13-14-22(26)27/h3-12H,13-14H2,1-2H3,(H,23,25)(H,26,27). The molecule has 30 heavy (non-hydrogen) atoms. The van der Waals surface area contributed by atoms with Crippen LogP contribution < -0.4 is 5.32 Å². The Morgan fingerprint density at radius 1 is 0.833 bits per heavy atom. The third kappa shape index (κ3) is 4.60. The molecule has 1 aromatic heterocycles. The van der Waals surface area contributed by atoms with E-state index in [9.17, 15) is 18.0 Å². The van der Waals surface area contributed by atoms with Gasteiger partial charge in [0.25, 0.3) is 0 Å². The van der Waals surface area contributed by atoms with Crippen LogP contribution in [0.4, 0.5) is 5.69 Å². The Labute approximate surface area is 174 Å². The van der Waals surface area contributed by atoms with Gasteiger partial charge in [-0.05, 0) is 74.5 Å². The fourth-order valence-corrected chi connectivity index (χ4v) is 4.41. The molecule has 8 heteroatoms. The maximum Gasteiger partial charge on any atom is 0.303 e. The molecule has 2 N–H and O–H groups in total. The smallest absolute Gasteiger partial charge is 0.303 e. The number of aromatic nitrogens is 1. The number of hydrogen-bond acceptors (Lipinski definition) is 4. The highest BCUT2D eigenvalue weighted by molar-refractivity contribution is 7.91. The van der Waals surface area contributed by atoms with E-state index in [1.54, 1.807) is 24.3 Å². The molecule has 0 unspecified atom stereocenters. The molecule has 0 spiro atoms. The minimum Gasteiger partial charge on any atom is -0.481 e. The third-order valence-corrected chi connectivity index (χ3v) is 6.48. The fraction of sp³-hybridized carbons (Fsp3) is 0.182. The van der Waals surface area contributed by atoms with Crippen molar-refractivity contribution < 1.29 is 23.1 Å². The number of aryl methyl sites for hydroxylation is 2. The van der Waals surface area contributed by atoms with Crippen molar-refractivity contribution in [3.63, 3.8) is 0 Å². The number of nitrogens with zero attached hydrogens (tertiary/aromatic N) is 1. The van der Waals surface area contributed by atoms with Crippen LogP contribution in [0.1, 0.15) is 24.2 Å². The highest BCUT2D eigenvalue weighted by Gasteiger charge is 2.18. The summed E-state index contributed by atoms with van der Waals surface area (Å²) >= 11 is 0. The minimum absolute atomic E-state index is 0.104. The molecule has 1 heterocycles. The number of sulfone groups is 1. The minimum atomic E-state index is -3.71. The van der Waals surface area contributed by atoms with Crippen LogP contribution in [-0.2, 0) is 19.4 Å². The zero-order chi connectivity index (χ0) is 21.9. The number of carboxylic acids is 1. The Kier molecular flexibility index (Phi) is 6.07. The van der Waals surface area contributed by atoms with Gasteiger partial charge in [-0.3, -0.25) is 9.59 Å². The van der Waals surface area contributed by atoms with Crippen LogP contribution in [0.2, 0.25) is 0 Å². The van der Waals surface area contributed by atoms with Gasteiger partial charge in [0, 0.05) is 29.2 Å². The van der Waals surface area contributed by atoms with Crippen molar-refractivity contribution in [2.45, 2.75) is 36.5 Å². The third-order valence-electron chi connectivity index (χ3n) is 4.69. The molecule has 3 rings (SSSR count). The summed E-state index contributed by atoms with van der Waals surface area (Å²) in [5, 5.41) is 11.2. The van der Waals surface area contributed by atoms with E-state index < -0.39 is 21.7 Å². The Balaban J connectivity index is 1.77. The fourth-order valence-electron chi connectivity index (χ4n) is 3.15. The number of rotatable bonds is 7. The highest BCUT2D eigenvalue weighted by Crippen LogP contribution is 2.24. The van der Waals surface area contributed by atoms with Gasteiger partial charge in [0.1, 0.15) is 0 Å². The topological polar surface area (TPSA) is 105 Å². The molecule has 0 atom stereocenters. The van der Waals surface area contributed by atoms with E-state index in [4.69, 9.17) is 5.11 Å². The summed E-state index contributed by atoms with van der Waals surface area (Å²) in [6.45, 7) is 3.97. The molecule has 3 aromatic rings. The molecule has 0 saturated heterocycles. The average Bonchev–Trinajstić information content (AvgIpc) is 3.05. The van der Waals surface area contributed by atoms with Gasteiger partial charge in [-0.25, -0.2) is 8.42 Å². The molecule has 0 radical (unpaired) electrons. The second kappa shape index (κ2) is 8.54. The zero-order valence-corrected chi connectivity index (χ0v) is 17.4. The van der Waals surface area contributed by atoms with Gasteiger partial charge in [-0.1, -0.05) is 0 Å². The quantitative estimate of drug-likeness (QED) is 0.599. The van der Waals surface area contributed by atoms with E-state index >= 15 is 0 Å². The van der Waals surface area contributed by atoms with E-state index in [1.807, 2.05) is 30.5 Å². The molecule has 0 aliphatic carbocycles. The lowest BCUT2D eigenvalue weighted by Gasteiger charge is -2.11. The molecule has 0 fully saturated rings. The predicted molar refractivity (Wildman–Crippen MR) is 113 cm³/mol. The van der Waals surface area contributed by atoms with Gasteiger partial charge in [0.2, 0.25) is 15.7 Å². The van der Waals surface area contributed by atoms with Crippen LogP contribution in [0.3, 0.4) is 0 Å². The molecule has 156 valence electrons. The Morgan fingerprint density at radius 3 is 1.83 bits per heavy atom. The lowest BCUT2D eigenvalue weighted by Crippen LogP contribution is -2.13. The number of carboxylic acid groups (broad SMARTS) is 1. The molecule has 2 aromatic carbocycles. The van der Waals surface area contributed by atoms with Crippen molar-refractivity contribution in [2.24, 2.45) is 0 Å². The molecule has 0 aliphatic heterocycles. The lowest BCUT2D eigenvalue weighted by molar-refractivity contribution is -0.138. The first-order valence-electron chi connectivity index (χ1n) is 9.30. The summed E-state index contributed by atoms with van der Waals surface area (Å²) in [6.07, 6.45) is -0.418. The van der Waals surface area contributed by atoms with Crippen LogP contribution >= 0.6 is 0 Å². The number of hydrogen-bond donors (Lipinski definition) is 2. The normalized spacial score (nSPS) is 11.3. The van der Waals surface area contributed by atoms with Crippen LogP contribution in [0.5, 0.6) is 0 Å². The maximum atomic E-state index is 12.9. The maximum absolute atomic E-state index is 12.9. The second-order valence-corrected chi connectivity index (χ2v) is 8.86. The average molecular weight is 426 g/mol. The Bertz CT molecular complexity index is 1160. The van der Waals surface area contributed by atoms with Gasteiger partial charge >= 0.3 is 5.97 Å². The first kappa shape index (κ1) is 21.3. The summed E-state index contributed by atoms with van der Waals surface area (Å²) in [6, 6.07) is 16.5. The molecule has 0 bridgehead atoms. The van der Waals surface area contributed by atoms with E-state index in [0.717, 1.165) is 17.1 Å². The van der Waals surface area contributed by atoms with Crippen molar-refractivity contribution >= 4 is 27.4 Å². The van der Waals surface area contributed by atoms with Crippen LogP contribution in [0.25, 0.3) is 5.69 Å².